The van der Waals surface area contributed by atoms with Gasteiger partial charge in [-0.15, -0.1) is 0 Å². The summed E-state index contributed by atoms with van der Waals surface area (Å²) in [7, 11) is 0. The Morgan fingerprint density at radius 1 is 1.33 bits per heavy atom. The van der Waals surface area contributed by atoms with Crippen LogP contribution in [0.3, 0.4) is 0 Å². The highest BCUT2D eigenvalue weighted by molar-refractivity contribution is 8.03. The van der Waals surface area contributed by atoms with Gasteiger partial charge in [-0.3, -0.25) is 9.59 Å². The molecule has 0 spiro atoms. The van der Waals surface area contributed by atoms with E-state index in [1.807, 2.05) is 32.0 Å². The number of carbonyl (C=O) groups is 2. The summed E-state index contributed by atoms with van der Waals surface area (Å²) >= 11 is 1.15. The molecule has 0 fully saturated rings. The monoisotopic (exact) mass is 381 g/mol. The van der Waals surface area contributed by atoms with E-state index >= 15 is 0 Å². The number of nitriles is 1. The molecule has 1 aromatic heterocycles. The first-order valence-electron chi connectivity index (χ1n) is 8.46. The molecule has 1 aliphatic rings. The minimum atomic E-state index is -0.428. The second kappa shape index (κ2) is 8.14. The van der Waals surface area contributed by atoms with Gasteiger partial charge in [0.1, 0.15) is 5.76 Å². The summed E-state index contributed by atoms with van der Waals surface area (Å²) in [5.74, 6) is -0.175. The number of furan rings is 1. The highest BCUT2D eigenvalue weighted by atomic mass is 32.2. The minimum Gasteiger partial charge on any atom is -0.469 e. The maximum Gasteiger partial charge on any atom is 0.234 e. The first-order chi connectivity index (χ1) is 13.0. The van der Waals surface area contributed by atoms with Crippen LogP contribution in [0.4, 0.5) is 5.69 Å². The zero-order valence-corrected chi connectivity index (χ0v) is 15.9. The van der Waals surface area contributed by atoms with E-state index in [2.05, 4.69) is 16.7 Å². The molecule has 2 aromatic rings. The Kier molecular flexibility index (Phi) is 5.67. The Morgan fingerprint density at radius 2 is 2.07 bits per heavy atom. The molecule has 2 amide bonds. The summed E-state index contributed by atoms with van der Waals surface area (Å²) in [6.45, 7) is 3.86. The molecule has 0 unspecified atom stereocenters. The van der Waals surface area contributed by atoms with E-state index in [0.717, 1.165) is 28.6 Å². The molecular formula is C20H19N3O3S. The molecule has 138 valence electrons. The molecule has 7 heteroatoms. The number of nitrogens with one attached hydrogen (secondary N) is 2. The van der Waals surface area contributed by atoms with Crippen molar-refractivity contribution in [3.05, 3.63) is 64.1 Å². The number of thioether (sulfide) groups is 1. The summed E-state index contributed by atoms with van der Waals surface area (Å²) in [6.07, 6.45) is 1.66. The number of carbonyl (C=O) groups excluding carboxylic acids is 2. The second-order valence-corrected chi connectivity index (χ2v) is 7.26. The van der Waals surface area contributed by atoms with E-state index in [1.54, 1.807) is 12.1 Å². The molecule has 2 heterocycles. The number of amides is 2. The maximum atomic E-state index is 12.4. The van der Waals surface area contributed by atoms with Gasteiger partial charge < -0.3 is 15.1 Å². The van der Waals surface area contributed by atoms with E-state index < -0.39 is 5.92 Å². The quantitative estimate of drug-likeness (QED) is 0.825. The third-order valence-corrected chi connectivity index (χ3v) is 5.35. The fourth-order valence-electron chi connectivity index (χ4n) is 2.99. The molecule has 1 atom stereocenters. The normalized spacial score (nSPS) is 16.6. The van der Waals surface area contributed by atoms with Gasteiger partial charge in [-0.2, -0.15) is 5.26 Å². The highest BCUT2D eigenvalue weighted by Crippen LogP contribution is 2.36. The molecule has 0 saturated carbocycles. The van der Waals surface area contributed by atoms with Gasteiger partial charge in [-0.25, -0.2) is 0 Å². The van der Waals surface area contributed by atoms with Gasteiger partial charge in [-0.05, 0) is 37.1 Å². The van der Waals surface area contributed by atoms with Gasteiger partial charge in [0.05, 0.1) is 34.6 Å². The number of para-hydroxylation sites is 1. The fraction of sp³-hybridized carbons (Fsp3) is 0.250. The van der Waals surface area contributed by atoms with Crippen molar-refractivity contribution in [3.63, 3.8) is 0 Å². The standard InChI is InChI=1S/C20H19N3O3S/c1-12-5-3-6-13(2)19(12)22-18(25)11-27-20-15(10-21)14(9-17(24)23-20)16-7-4-8-26-16/h3-8,14H,9,11H2,1-2H3,(H,22,25)(H,23,24)/t14-/m0/s1. The van der Waals surface area contributed by atoms with Crippen LogP contribution in [0.5, 0.6) is 0 Å². The Labute approximate surface area is 161 Å². The van der Waals surface area contributed by atoms with Crippen molar-refractivity contribution in [1.29, 1.82) is 5.26 Å². The summed E-state index contributed by atoms with van der Waals surface area (Å²) in [5.41, 5.74) is 3.16. The smallest absolute Gasteiger partial charge is 0.234 e. The Bertz CT molecular complexity index is 922. The number of allylic oxidation sites excluding steroid dienone is 1. The maximum absolute atomic E-state index is 12.4. The van der Waals surface area contributed by atoms with Crippen LogP contribution < -0.4 is 10.6 Å². The lowest BCUT2D eigenvalue weighted by atomic mass is 9.92. The Morgan fingerprint density at radius 3 is 2.70 bits per heavy atom. The Hall–Kier alpha value is -2.98. The molecule has 3 rings (SSSR count). The zero-order chi connectivity index (χ0) is 19.4. The molecule has 0 saturated heterocycles. The Balaban J connectivity index is 1.74. The van der Waals surface area contributed by atoms with Crippen molar-refractivity contribution in [1.82, 2.24) is 5.32 Å². The number of benzene rings is 1. The molecular weight excluding hydrogens is 362 g/mol. The van der Waals surface area contributed by atoms with Crippen LogP contribution >= 0.6 is 11.8 Å². The van der Waals surface area contributed by atoms with Crippen molar-refractivity contribution in [3.8, 4) is 6.07 Å². The van der Waals surface area contributed by atoms with Crippen molar-refractivity contribution in [2.24, 2.45) is 0 Å². The zero-order valence-electron chi connectivity index (χ0n) is 15.0. The van der Waals surface area contributed by atoms with Crippen LogP contribution in [0.25, 0.3) is 0 Å². The van der Waals surface area contributed by atoms with Gasteiger partial charge in [0.25, 0.3) is 0 Å². The number of hydrogen-bond donors (Lipinski definition) is 2. The number of nitrogens with zero attached hydrogens (tertiary/aromatic N) is 1. The topological polar surface area (TPSA) is 95.1 Å². The minimum absolute atomic E-state index is 0.0828. The van der Waals surface area contributed by atoms with Gasteiger partial charge in [0.15, 0.2) is 0 Å². The molecule has 1 aliphatic heterocycles. The van der Waals surface area contributed by atoms with E-state index in [9.17, 15) is 14.9 Å². The third-order valence-electron chi connectivity index (χ3n) is 4.34. The number of rotatable bonds is 5. The predicted octanol–water partition coefficient (Wildman–Crippen LogP) is 3.61. The number of aryl methyl sites for hydroxylation is 2. The molecule has 0 radical (unpaired) electrons. The van der Waals surface area contributed by atoms with Crippen LogP contribution in [-0.4, -0.2) is 17.6 Å². The molecule has 0 aliphatic carbocycles. The van der Waals surface area contributed by atoms with Crippen LogP contribution in [-0.2, 0) is 9.59 Å². The van der Waals surface area contributed by atoms with Gasteiger partial charge in [0, 0.05) is 12.1 Å². The lowest BCUT2D eigenvalue weighted by Gasteiger charge is -2.23. The molecule has 2 N–H and O–H groups in total. The first-order valence-corrected chi connectivity index (χ1v) is 9.44. The summed E-state index contributed by atoms with van der Waals surface area (Å²) in [6, 6.07) is 11.4. The molecule has 1 aromatic carbocycles. The van der Waals surface area contributed by atoms with Crippen LogP contribution in [0.15, 0.2) is 51.6 Å². The predicted molar refractivity (Wildman–Crippen MR) is 104 cm³/mol. The lowest BCUT2D eigenvalue weighted by Crippen LogP contribution is -2.31. The average molecular weight is 381 g/mol. The highest BCUT2D eigenvalue weighted by Gasteiger charge is 2.31. The van der Waals surface area contributed by atoms with E-state index in [0.29, 0.717) is 16.4 Å². The summed E-state index contributed by atoms with van der Waals surface area (Å²) < 4.78 is 5.38. The van der Waals surface area contributed by atoms with Gasteiger partial charge in [0.2, 0.25) is 11.8 Å². The molecule has 27 heavy (non-hydrogen) atoms. The van der Waals surface area contributed by atoms with Gasteiger partial charge in [-0.1, -0.05) is 30.0 Å². The summed E-state index contributed by atoms with van der Waals surface area (Å²) in [5, 5.41) is 15.6. The lowest BCUT2D eigenvalue weighted by molar-refractivity contribution is -0.121. The number of hydrogen-bond acceptors (Lipinski definition) is 5. The van der Waals surface area contributed by atoms with Crippen molar-refractivity contribution < 1.29 is 14.0 Å². The van der Waals surface area contributed by atoms with Crippen molar-refractivity contribution in [2.45, 2.75) is 26.2 Å². The third kappa shape index (κ3) is 4.23. The van der Waals surface area contributed by atoms with E-state index in [4.69, 9.17) is 4.42 Å². The molecule has 6 nitrogen and oxygen atoms in total. The SMILES string of the molecule is Cc1cccc(C)c1NC(=O)CSC1=C(C#N)[C@@H](c2ccco2)CC(=O)N1. The van der Waals surface area contributed by atoms with Crippen molar-refractivity contribution in [2.75, 3.05) is 11.1 Å². The molecule has 0 bridgehead atoms. The first kappa shape index (κ1) is 18.8. The second-order valence-electron chi connectivity index (χ2n) is 6.28. The van der Waals surface area contributed by atoms with E-state index in [-0.39, 0.29) is 24.0 Å². The average Bonchev–Trinajstić information content (AvgIpc) is 3.17. The summed E-state index contributed by atoms with van der Waals surface area (Å²) in [4.78, 5) is 24.4. The van der Waals surface area contributed by atoms with Crippen LogP contribution in [0, 0.1) is 25.2 Å². The van der Waals surface area contributed by atoms with Crippen molar-refractivity contribution >= 4 is 29.3 Å². The number of anilines is 1. The van der Waals surface area contributed by atoms with Crippen LogP contribution in [0.2, 0.25) is 0 Å². The largest absolute Gasteiger partial charge is 0.469 e. The van der Waals surface area contributed by atoms with Crippen LogP contribution in [0.1, 0.15) is 29.2 Å². The fourth-order valence-corrected chi connectivity index (χ4v) is 3.87. The van der Waals surface area contributed by atoms with Gasteiger partial charge >= 0.3 is 0 Å². The van der Waals surface area contributed by atoms with E-state index in [1.165, 1.54) is 6.26 Å².